The van der Waals surface area contributed by atoms with Crippen LogP contribution in [0.1, 0.15) is 107 Å². The van der Waals surface area contributed by atoms with Crippen LogP contribution in [0.25, 0.3) is 0 Å². The van der Waals surface area contributed by atoms with E-state index < -0.39 is 0 Å². The Morgan fingerprint density at radius 3 is 2.48 bits per heavy atom. The molecule has 0 nitrogen and oxygen atoms in total. The second-order valence-electron chi connectivity index (χ2n) is 11.5. The van der Waals surface area contributed by atoms with Gasteiger partial charge in [-0.05, 0) is 95.3 Å². The van der Waals surface area contributed by atoms with Crippen molar-refractivity contribution in [3.63, 3.8) is 0 Å². The first-order chi connectivity index (χ1) is 14.4. The third-order valence-electron chi connectivity index (χ3n) is 8.01. The molecule has 176 valence electrons. The molecular weight excluding hydrogens is 372 g/mol. The summed E-state index contributed by atoms with van der Waals surface area (Å²) in [7, 11) is 0. The smallest absolute Gasteiger partial charge is 0.00330 e. The van der Waals surface area contributed by atoms with Gasteiger partial charge in [0.25, 0.3) is 0 Å². The van der Waals surface area contributed by atoms with Crippen molar-refractivity contribution in [2.75, 3.05) is 0 Å². The van der Waals surface area contributed by atoms with Gasteiger partial charge in [-0.15, -0.1) is 6.58 Å². The molecule has 4 atom stereocenters. The summed E-state index contributed by atoms with van der Waals surface area (Å²) in [5.41, 5.74) is 4.86. The highest BCUT2D eigenvalue weighted by Gasteiger charge is 2.39. The molecule has 0 heteroatoms. The van der Waals surface area contributed by atoms with Crippen molar-refractivity contribution in [3.8, 4) is 0 Å². The number of rotatable bonds is 12. The molecular formula is C31H52. The third-order valence-corrected chi connectivity index (χ3v) is 8.01. The fourth-order valence-corrected chi connectivity index (χ4v) is 4.88. The van der Waals surface area contributed by atoms with Gasteiger partial charge in [-0.3, -0.25) is 0 Å². The van der Waals surface area contributed by atoms with Gasteiger partial charge in [-0.2, -0.15) is 0 Å². The molecule has 0 aromatic heterocycles. The lowest BCUT2D eigenvalue weighted by Gasteiger charge is -2.45. The van der Waals surface area contributed by atoms with E-state index in [1.54, 1.807) is 0 Å². The standard InChI is InChI=1S/C31H52/c1-11-31(10,22-13-16-25(4)15-12-14-24(2)3)23-21-26(5)17-20-29-27(6)18-19-28(7)30(29,8)9/h11,14,16,21,23,26,28-29H,1,6,12-13,15,17-20,22H2,2-5,7-10H3/b23-21+,25-16+/t26-,28-,29-,31+/m0/s1. The van der Waals surface area contributed by atoms with E-state index in [1.807, 2.05) is 0 Å². The van der Waals surface area contributed by atoms with Crippen molar-refractivity contribution >= 4 is 0 Å². The van der Waals surface area contributed by atoms with Crippen molar-refractivity contribution in [1.29, 1.82) is 0 Å². The zero-order chi connectivity index (χ0) is 23.7. The Hall–Kier alpha value is -1.30. The second kappa shape index (κ2) is 12.7. The van der Waals surface area contributed by atoms with E-state index in [4.69, 9.17) is 0 Å². The Morgan fingerprint density at radius 1 is 1.19 bits per heavy atom. The zero-order valence-electron chi connectivity index (χ0n) is 22.2. The predicted octanol–water partition coefficient (Wildman–Crippen LogP) is 10.3. The van der Waals surface area contributed by atoms with Gasteiger partial charge in [-0.25, -0.2) is 0 Å². The summed E-state index contributed by atoms with van der Waals surface area (Å²) in [5, 5.41) is 0. The highest BCUT2D eigenvalue weighted by Crippen LogP contribution is 2.49. The number of allylic oxidation sites excluding steroid dienone is 8. The first kappa shape index (κ1) is 27.7. The summed E-state index contributed by atoms with van der Waals surface area (Å²) in [6.07, 6.45) is 21.4. The van der Waals surface area contributed by atoms with Crippen molar-refractivity contribution in [3.05, 3.63) is 60.3 Å². The van der Waals surface area contributed by atoms with Crippen molar-refractivity contribution in [1.82, 2.24) is 0 Å². The minimum atomic E-state index is 0.0766. The molecule has 1 rings (SSSR count). The summed E-state index contributed by atoms with van der Waals surface area (Å²) in [4.78, 5) is 0. The number of hydrogen-bond donors (Lipinski definition) is 0. The molecule has 0 N–H and O–H groups in total. The maximum Gasteiger partial charge on any atom is 0.00330 e. The van der Waals surface area contributed by atoms with Crippen molar-refractivity contribution in [2.24, 2.45) is 28.6 Å². The maximum atomic E-state index is 4.44. The summed E-state index contributed by atoms with van der Waals surface area (Å²) in [6.45, 7) is 27.2. The van der Waals surface area contributed by atoms with Crippen LogP contribution in [0.4, 0.5) is 0 Å². The lowest BCUT2D eigenvalue weighted by atomic mass is 9.60. The fourth-order valence-electron chi connectivity index (χ4n) is 4.88. The lowest BCUT2D eigenvalue weighted by molar-refractivity contribution is 0.103. The Labute approximate surface area is 195 Å². The van der Waals surface area contributed by atoms with Crippen LogP contribution in [0.15, 0.2) is 60.3 Å². The van der Waals surface area contributed by atoms with Crippen LogP contribution in [-0.4, -0.2) is 0 Å². The largest absolute Gasteiger partial charge is 0.102 e. The molecule has 0 aliphatic heterocycles. The first-order valence-corrected chi connectivity index (χ1v) is 12.7. The molecule has 0 heterocycles. The van der Waals surface area contributed by atoms with Gasteiger partial charge < -0.3 is 0 Å². The maximum absolute atomic E-state index is 4.44. The molecule has 0 bridgehead atoms. The van der Waals surface area contributed by atoms with E-state index in [2.05, 4.69) is 98.9 Å². The summed E-state index contributed by atoms with van der Waals surface area (Å²) >= 11 is 0. The Balaban J connectivity index is 2.57. The van der Waals surface area contributed by atoms with Crippen LogP contribution in [0.2, 0.25) is 0 Å². The fraction of sp³-hybridized carbons (Fsp3) is 0.677. The van der Waals surface area contributed by atoms with Crippen LogP contribution in [0.3, 0.4) is 0 Å². The minimum Gasteiger partial charge on any atom is -0.102 e. The summed E-state index contributed by atoms with van der Waals surface area (Å²) in [6, 6.07) is 0. The van der Waals surface area contributed by atoms with Crippen LogP contribution < -0.4 is 0 Å². The van der Waals surface area contributed by atoms with Crippen molar-refractivity contribution in [2.45, 2.75) is 107 Å². The molecule has 0 unspecified atom stereocenters. The molecule has 0 spiro atoms. The van der Waals surface area contributed by atoms with Crippen molar-refractivity contribution < 1.29 is 0 Å². The van der Waals surface area contributed by atoms with Gasteiger partial charge in [0.1, 0.15) is 0 Å². The van der Waals surface area contributed by atoms with Gasteiger partial charge in [0.15, 0.2) is 0 Å². The highest BCUT2D eigenvalue weighted by molar-refractivity contribution is 5.12. The summed E-state index contributed by atoms with van der Waals surface area (Å²) in [5.74, 6) is 2.05. The molecule has 0 saturated heterocycles. The van der Waals surface area contributed by atoms with Gasteiger partial charge in [0, 0.05) is 5.41 Å². The third kappa shape index (κ3) is 9.38. The molecule has 1 aliphatic rings. The van der Waals surface area contributed by atoms with Crippen LogP contribution >= 0.6 is 0 Å². The Morgan fingerprint density at radius 2 is 1.87 bits per heavy atom. The topological polar surface area (TPSA) is 0 Å². The molecule has 31 heavy (non-hydrogen) atoms. The van der Waals surface area contributed by atoms with Crippen LogP contribution in [-0.2, 0) is 0 Å². The average Bonchev–Trinajstić information content (AvgIpc) is 2.69. The molecule has 0 radical (unpaired) electrons. The molecule has 0 amide bonds. The zero-order valence-corrected chi connectivity index (χ0v) is 22.2. The molecule has 0 aromatic carbocycles. The monoisotopic (exact) mass is 424 g/mol. The Bertz CT molecular complexity index is 664. The molecule has 1 fully saturated rings. The van der Waals surface area contributed by atoms with Crippen LogP contribution in [0, 0.1) is 28.6 Å². The molecule has 0 aromatic rings. The van der Waals surface area contributed by atoms with E-state index in [0.717, 1.165) is 25.2 Å². The molecule has 1 aliphatic carbocycles. The van der Waals surface area contributed by atoms with E-state index in [9.17, 15) is 0 Å². The SMILES string of the molecule is C=C[C@@](C)(/C=C/[C@@H](C)CC[C@H]1C(=C)CC[C@H](C)C1(C)C)CC/C=C(\C)CCC=C(C)C. The van der Waals surface area contributed by atoms with Crippen LogP contribution in [0.5, 0.6) is 0 Å². The lowest BCUT2D eigenvalue weighted by Crippen LogP contribution is -2.36. The summed E-state index contributed by atoms with van der Waals surface area (Å²) < 4.78 is 0. The minimum absolute atomic E-state index is 0.0766. The quantitative estimate of drug-likeness (QED) is 0.273. The first-order valence-electron chi connectivity index (χ1n) is 12.7. The Kier molecular flexibility index (Phi) is 11.3. The normalized spacial score (nSPS) is 24.6. The van der Waals surface area contributed by atoms with E-state index in [-0.39, 0.29) is 5.41 Å². The van der Waals surface area contributed by atoms with E-state index >= 15 is 0 Å². The van der Waals surface area contributed by atoms with E-state index in [0.29, 0.717) is 17.3 Å². The van der Waals surface area contributed by atoms with Gasteiger partial charge in [0.2, 0.25) is 0 Å². The number of hydrogen-bond acceptors (Lipinski definition) is 0. The van der Waals surface area contributed by atoms with Gasteiger partial charge >= 0.3 is 0 Å². The van der Waals surface area contributed by atoms with Gasteiger partial charge in [0.05, 0.1) is 0 Å². The second-order valence-corrected chi connectivity index (χ2v) is 11.5. The van der Waals surface area contributed by atoms with Gasteiger partial charge in [-0.1, -0.05) is 88.3 Å². The highest BCUT2D eigenvalue weighted by atomic mass is 14.4. The average molecular weight is 425 g/mol. The molecule has 1 saturated carbocycles. The van der Waals surface area contributed by atoms with E-state index in [1.165, 1.54) is 48.8 Å². The predicted molar refractivity (Wildman–Crippen MR) is 142 cm³/mol.